The second kappa shape index (κ2) is 7.65. The quantitative estimate of drug-likeness (QED) is 0.388. The van der Waals surface area contributed by atoms with E-state index in [0.717, 1.165) is 12.1 Å². The topological polar surface area (TPSA) is 71.8 Å². The minimum Gasteiger partial charge on any atom is -0.388 e. The van der Waals surface area contributed by atoms with Gasteiger partial charge in [0, 0.05) is 42.9 Å². The van der Waals surface area contributed by atoms with E-state index in [4.69, 9.17) is 14.5 Å². The predicted octanol–water partition coefficient (Wildman–Crippen LogP) is 7.48. The number of hydrogen-bond acceptors (Lipinski definition) is 5. The summed E-state index contributed by atoms with van der Waals surface area (Å²) >= 11 is 0. The van der Waals surface area contributed by atoms with E-state index >= 15 is 0 Å². The molecule has 0 bridgehead atoms. The minimum absolute atomic E-state index is 0.154. The Morgan fingerprint density at radius 2 is 1.57 bits per heavy atom. The lowest BCUT2D eigenvalue weighted by Crippen LogP contribution is -2.38. The third-order valence-corrected chi connectivity index (χ3v) is 9.08. The van der Waals surface area contributed by atoms with Crippen LogP contribution in [0.25, 0.3) is 0 Å². The Morgan fingerprint density at radius 1 is 0.973 bits per heavy atom. The van der Waals surface area contributed by atoms with Crippen LogP contribution >= 0.6 is 10.2 Å². The number of aliphatic hydroxyl groups is 2. The molecule has 37 heavy (non-hydrogen) atoms. The molecule has 3 aliphatic rings. The highest BCUT2D eigenvalue weighted by molar-refractivity contribution is 8.45. The van der Waals surface area contributed by atoms with Crippen molar-refractivity contribution in [1.29, 1.82) is 0 Å². The first-order chi connectivity index (χ1) is 16.8. The molecule has 2 aromatic rings. The molecule has 0 amide bonds. The number of aliphatic hydroxyl groups excluding tert-OH is 2. The molecule has 1 aliphatic carbocycles. The second-order valence-corrected chi connectivity index (χ2v) is 13.9. The Labute approximate surface area is 212 Å². The molecule has 3 heterocycles. The average molecular weight is 550 g/mol. The van der Waals surface area contributed by atoms with Crippen LogP contribution in [0.2, 0.25) is 0 Å². The number of halogens is 5. The number of rotatable bonds is 3. The van der Waals surface area contributed by atoms with Gasteiger partial charge < -0.3 is 19.7 Å². The van der Waals surface area contributed by atoms with E-state index < -0.39 is 44.4 Å². The van der Waals surface area contributed by atoms with Crippen LogP contribution in [-0.2, 0) is 15.1 Å². The maximum atomic E-state index is 13.4. The second-order valence-electron chi connectivity index (χ2n) is 11.5. The molecule has 1 spiro atoms. The van der Waals surface area contributed by atoms with Gasteiger partial charge in [-0.2, -0.15) is 0 Å². The van der Waals surface area contributed by atoms with Gasteiger partial charge in [-0.15, -0.1) is 0 Å². The fourth-order valence-corrected chi connectivity index (χ4v) is 6.67. The summed E-state index contributed by atoms with van der Waals surface area (Å²) in [5, 5.41) is 22.6. The van der Waals surface area contributed by atoms with Crippen molar-refractivity contribution in [2.45, 2.75) is 81.7 Å². The van der Waals surface area contributed by atoms with Gasteiger partial charge in [-0.1, -0.05) is 59.3 Å². The molecule has 2 unspecified atom stereocenters. The van der Waals surface area contributed by atoms with E-state index in [1.54, 1.807) is 0 Å². The van der Waals surface area contributed by atoms with Gasteiger partial charge in [0.15, 0.2) is 0 Å². The molecule has 3 atom stereocenters. The van der Waals surface area contributed by atoms with Crippen LogP contribution in [0.3, 0.4) is 0 Å². The summed E-state index contributed by atoms with van der Waals surface area (Å²) in [6.45, 7) is 8.28. The Morgan fingerprint density at radius 3 is 2.11 bits per heavy atom. The molecule has 11 heteroatoms. The summed E-state index contributed by atoms with van der Waals surface area (Å²) in [5.74, 6) is -0.154. The lowest BCUT2D eigenvalue weighted by Gasteiger charge is -2.42. The van der Waals surface area contributed by atoms with Crippen LogP contribution in [0.1, 0.15) is 105 Å². The predicted molar refractivity (Wildman–Crippen MR) is 129 cm³/mol. The number of pyridine rings is 1. The molecule has 1 aromatic carbocycles. The monoisotopic (exact) mass is 549 g/mol. The number of aromatic nitrogens is 1. The smallest absolute Gasteiger partial charge is 0.310 e. The molecule has 2 aliphatic heterocycles. The van der Waals surface area contributed by atoms with Gasteiger partial charge in [0.2, 0.25) is 0 Å². The largest absolute Gasteiger partial charge is 0.388 e. The van der Waals surface area contributed by atoms with Crippen molar-refractivity contribution in [3.63, 3.8) is 0 Å². The van der Waals surface area contributed by atoms with Crippen molar-refractivity contribution in [1.82, 2.24) is 4.98 Å². The van der Waals surface area contributed by atoms with Gasteiger partial charge in [0.05, 0.1) is 17.4 Å². The summed E-state index contributed by atoms with van der Waals surface area (Å²) in [7, 11) is -9.83. The lowest BCUT2D eigenvalue weighted by atomic mass is 9.68. The van der Waals surface area contributed by atoms with E-state index in [1.165, 1.54) is 0 Å². The normalized spacial score (nSPS) is 28.5. The molecule has 2 N–H and O–H groups in total. The summed E-state index contributed by atoms with van der Waals surface area (Å²) in [5.41, 5.74) is 1.54. The van der Waals surface area contributed by atoms with Crippen molar-refractivity contribution >= 4 is 10.2 Å². The van der Waals surface area contributed by atoms with Crippen molar-refractivity contribution in [2.24, 2.45) is 5.41 Å². The van der Waals surface area contributed by atoms with Crippen LogP contribution in [0, 0.1) is 5.41 Å². The molecular weight excluding hydrogens is 517 g/mol. The van der Waals surface area contributed by atoms with E-state index in [-0.39, 0.29) is 17.9 Å². The van der Waals surface area contributed by atoms with Crippen LogP contribution in [-0.4, -0.2) is 28.4 Å². The summed E-state index contributed by atoms with van der Waals surface area (Å²) in [6, 6.07) is 2.85. The van der Waals surface area contributed by atoms with Crippen molar-refractivity contribution < 1.29 is 39.1 Å². The third kappa shape index (κ3) is 4.36. The van der Waals surface area contributed by atoms with Crippen LogP contribution in [0.5, 0.6) is 0 Å². The number of nitrogens with zero attached hydrogens (tertiary/aromatic N) is 1. The third-order valence-electron chi connectivity index (χ3n) is 7.92. The van der Waals surface area contributed by atoms with E-state index in [2.05, 4.69) is 0 Å². The number of fused-ring (bicyclic) bond motifs is 4. The zero-order valence-corrected chi connectivity index (χ0v) is 21.9. The fraction of sp³-hybridized carbons (Fsp3) is 0.577. The SMILES string of the molecule is CC(C)c1nc2c(c3c1C(c1ccc(S(F)(F)(F)(F)F)cc1)OC31CCOCC1)C(O)CC(C)(C)[C@H]2O. The number of benzene rings is 1. The van der Waals surface area contributed by atoms with Crippen LogP contribution in [0.15, 0.2) is 29.2 Å². The van der Waals surface area contributed by atoms with E-state index in [1.807, 2.05) is 27.7 Å². The molecule has 5 nitrogen and oxygen atoms in total. The molecule has 1 fully saturated rings. The van der Waals surface area contributed by atoms with Crippen LogP contribution < -0.4 is 0 Å². The minimum atomic E-state index is -9.83. The first-order valence-corrected chi connectivity index (χ1v) is 14.3. The van der Waals surface area contributed by atoms with Gasteiger partial charge in [0.25, 0.3) is 0 Å². The molecule has 0 saturated carbocycles. The zero-order chi connectivity index (χ0) is 27.2. The molecule has 5 rings (SSSR count). The highest BCUT2D eigenvalue weighted by Crippen LogP contribution is 3.02. The van der Waals surface area contributed by atoms with Gasteiger partial charge in [0.1, 0.15) is 17.1 Å². The summed E-state index contributed by atoms with van der Waals surface area (Å²) in [6.07, 6.45) is -1.61. The Hall–Kier alpha value is -1.79. The van der Waals surface area contributed by atoms with Gasteiger partial charge >= 0.3 is 10.2 Å². The lowest BCUT2D eigenvalue weighted by molar-refractivity contribution is -0.123. The van der Waals surface area contributed by atoms with Crippen molar-refractivity contribution in [2.75, 3.05) is 13.2 Å². The highest BCUT2D eigenvalue weighted by Gasteiger charge is 2.65. The Kier molecular flexibility index (Phi) is 5.54. The average Bonchev–Trinajstić information content (AvgIpc) is 3.09. The maximum Gasteiger partial charge on any atom is 0.310 e. The van der Waals surface area contributed by atoms with Gasteiger partial charge in [-0.05, 0) is 41.0 Å². The Bertz CT molecular complexity index is 1240. The molecule has 1 saturated heterocycles. The van der Waals surface area contributed by atoms with Gasteiger partial charge in [-0.25, -0.2) is 0 Å². The molecule has 206 valence electrons. The van der Waals surface area contributed by atoms with Gasteiger partial charge in [-0.3, -0.25) is 4.98 Å². The van der Waals surface area contributed by atoms with Crippen molar-refractivity contribution in [3.8, 4) is 0 Å². The standard InChI is InChI=1S/C26H32F5NO4S/c1-14(2)21-19-20(18-17(33)13-25(3,4)24(34)22(18)32-21)26(9-11-35-12-10-26)36-23(19)15-5-7-16(8-6-15)37(27,28,29,30)31/h5-8,14,17,23-24,33-34H,9-13H2,1-4H3/t17?,23?,24-/m0/s1. The molecular formula is C26H32F5NO4S. The fourth-order valence-electron chi connectivity index (χ4n) is 6.02. The maximum absolute atomic E-state index is 13.4. The highest BCUT2D eigenvalue weighted by atomic mass is 32.5. The molecule has 1 aromatic heterocycles. The summed E-state index contributed by atoms with van der Waals surface area (Å²) in [4.78, 5) is 2.87. The van der Waals surface area contributed by atoms with E-state index in [9.17, 15) is 29.6 Å². The number of ether oxygens (including phenoxy) is 2. The summed E-state index contributed by atoms with van der Waals surface area (Å²) < 4.78 is 79.1. The van der Waals surface area contributed by atoms with E-state index in [0.29, 0.717) is 66.3 Å². The van der Waals surface area contributed by atoms with Crippen LogP contribution in [0.4, 0.5) is 19.4 Å². The first-order valence-electron chi connectivity index (χ1n) is 12.4. The Balaban J connectivity index is 1.76. The zero-order valence-electron chi connectivity index (χ0n) is 21.1. The number of hydrogen-bond donors (Lipinski definition) is 2. The molecule has 0 radical (unpaired) electrons. The first kappa shape index (κ1) is 26.8. The van der Waals surface area contributed by atoms with Crippen molar-refractivity contribution in [3.05, 3.63) is 57.9 Å².